The fourth-order valence-corrected chi connectivity index (χ4v) is 1.87. The van der Waals surface area contributed by atoms with Crippen molar-refractivity contribution in [2.45, 2.75) is 18.9 Å². The van der Waals surface area contributed by atoms with Crippen molar-refractivity contribution >= 4 is 11.9 Å². The van der Waals surface area contributed by atoms with E-state index in [9.17, 15) is 14.4 Å². The quantitative estimate of drug-likeness (QED) is 0.756. The summed E-state index contributed by atoms with van der Waals surface area (Å²) in [4.78, 5) is 33.5. The first-order valence-corrected chi connectivity index (χ1v) is 5.30. The van der Waals surface area contributed by atoms with E-state index < -0.39 is 5.97 Å². The summed E-state index contributed by atoms with van der Waals surface area (Å²) in [5, 5.41) is 11.5. The summed E-state index contributed by atoms with van der Waals surface area (Å²) in [7, 11) is 0. The topological polar surface area (TPSA) is 88.4 Å². The van der Waals surface area contributed by atoms with Gasteiger partial charge in [0.2, 0.25) is 5.91 Å². The SMILES string of the molecule is O=C1CCC(n2cc(C(=O)O)ccc2=O)CN1. The van der Waals surface area contributed by atoms with Crippen molar-refractivity contribution in [2.24, 2.45) is 0 Å². The van der Waals surface area contributed by atoms with Crippen LogP contribution in [0.5, 0.6) is 0 Å². The molecule has 1 saturated heterocycles. The molecule has 0 radical (unpaired) electrons. The van der Waals surface area contributed by atoms with Gasteiger partial charge in [0.05, 0.1) is 11.6 Å². The van der Waals surface area contributed by atoms with E-state index in [0.717, 1.165) is 0 Å². The maximum Gasteiger partial charge on any atom is 0.337 e. The van der Waals surface area contributed by atoms with Gasteiger partial charge in [-0.2, -0.15) is 0 Å². The highest BCUT2D eigenvalue weighted by Crippen LogP contribution is 2.15. The van der Waals surface area contributed by atoms with Crippen molar-refractivity contribution in [2.75, 3.05) is 6.54 Å². The van der Waals surface area contributed by atoms with Crippen molar-refractivity contribution in [1.82, 2.24) is 9.88 Å². The summed E-state index contributed by atoms with van der Waals surface area (Å²) >= 11 is 0. The summed E-state index contributed by atoms with van der Waals surface area (Å²) < 4.78 is 1.38. The van der Waals surface area contributed by atoms with E-state index in [1.165, 1.54) is 22.9 Å². The Bertz CT molecular complexity index is 510. The van der Waals surface area contributed by atoms with Gasteiger partial charge in [0.15, 0.2) is 0 Å². The second-order valence-electron chi connectivity index (χ2n) is 3.97. The van der Waals surface area contributed by atoms with E-state index in [4.69, 9.17) is 5.11 Å². The minimum atomic E-state index is -1.07. The van der Waals surface area contributed by atoms with E-state index in [0.29, 0.717) is 19.4 Å². The van der Waals surface area contributed by atoms with Crippen molar-refractivity contribution in [1.29, 1.82) is 0 Å². The van der Waals surface area contributed by atoms with Gasteiger partial charge in [0.25, 0.3) is 5.56 Å². The first-order chi connectivity index (χ1) is 8.08. The molecule has 6 nitrogen and oxygen atoms in total. The molecule has 1 amide bonds. The van der Waals surface area contributed by atoms with Crippen LogP contribution in [0, 0.1) is 0 Å². The third kappa shape index (κ3) is 2.35. The average Bonchev–Trinajstić information content (AvgIpc) is 2.31. The van der Waals surface area contributed by atoms with Crippen LogP contribution >= 0.6 is 0 Å². The molecule has 1 aromatic heterocycles. The molecule has 1 aliphatic heterocycles. The first-order valence-electron chi connectivity index (χ1n) is 5.30. The van der Waals surface area contributed by atoms with Crippen molar-refractivity contribution in [3.63, 3.8) is 0 Å². The molecule has 0 spiro atoms. The molecule has 0 bridgehead atoms. The van der Waals surface area contributed by atoms with Crippen LogP contribution in [-0.2, 0) is 4.79 Å². The van der Waals surface area contributed by atoms with Crippen LogP contribution < -0.4 is 10.9 Å². The third-order valence-electron chi connectivity index (χ3n) is 2.82. The lowest BCUT2D eigenvalue weighted by molar-refractivity contribution is -0.122. The Labute approximate surface area is 96.9 Å². The Morgan fingerprint density at radius 1 is 1.41 bits per heavy atom. The number of nitrogens with one attached hydrogen (secondary N) is 1. The fourth-order valence-electron chi connectivity index (χ4n) is 1.87. The number of piperidine rings is 1. The van der Waals surface area contributed by atoms with E-state index in [2.05, 4.69) is 5.32 Å². The Kier molecular flexibility index (Phi) is 2.95. The molecule has 0 aliphatic carbocycles. The molecule has 1 unspecified atom stereocenters. The molecular formula is C11H12N2O4. The fraction of sp³-hybridized carbons (Fsp3) is 0.364. The minimum Gasteiger partial charge on any atom is -0.478 e. The lowest BCUT2D eigenvalue weighted by atomic mass is 10.1. The van der Waals surface area contributed by atoms with E-state index in [1.807, 2.05) is 0 Å². The predicted octanol–water partition coefficient (Wildman–Crippen LogP) is -0.00240. The van der Waals surface area contributed by atoms with Crippen molar-refractivity contribution in [3.8, 4) is 0 Å². The zero-order valence-corrected chi connectivity index (χ0v) is 9.05. The minimum absolute atomic E-state index is 0.0383. The van der Waals surface area contributed by atoms with Gasteiger partial charge in [0, 0.05) is 25.2 Å². The van der Waals surface area contributed by atoms with Gasteiger partial charge >= 0.3 is 5.97 Å². The summed E-state index contributed by atoms with van der Waals surface area (Å²) in [5.41, 5.74) is -0.183. The number of carbonyl (C=O) groups is 2. The van der Waals surface area contributed by atoms with Crippen LogP contribution in [0.4, 0.5) is 0 Å². The maximum absolute atomic E-state index is 11.6. The zero-order valence-electron chi connectivity index (χ0n) is 9.05. The zero-order chi connectivity index (χ0) is 12.4. The first kappa shape index (κ1) is 11.4. The van der Waals surface area contributed by atoms with Crippen molar-refractivity contribution < 1.29 is 14.7 Å². The smallest absolute Gasteiger partial charge is 0.337 e. The molecule has 90 valence electrons. The molecule has 17 heavy (non-hydrogen) atoms. The van der Waals surface area contributed by atoms with Crippen LogP contribution in [0.2, 0.25) is 0 Å². The predicted molar refractivity (Wildman–Crippen MR) is 58.9 cm³/mol. The van der Waals surface area contributed by atoms with Crippen LogP contribution in [0.15, 0.2) is 23.1 Å². The van der Waals surface area contributed by atoms with E-state index >= 15 is 0 Å². The second-order valence-corrected chi connectivity index (χ2v) is 3.97. The number of carboxylic acids is 1. The second kappa shape index (κ2) is 4.40. The van der Waals surface area contributed by atoms with E-state index in [1.54, 1.807) is 0 Å². The monoisotopic (exact) mass is 236 g/mol. The normalized spacial score (nSPS) is 19.8. The van der Waals surface area contributed by atoms with Gasteiger partial charge < -0.3 is 15.0 Å². The number of amides is 1. The standard InChI is InChI=1S/C11H12N2O4/c14-9-3-2-8(5-12-9)13-6-7(11(16)17)1-4-10(13)15/h1,4,6,8H,2-3,5H2,(H,12,14)(H,16,17). The number of nitrogens with zero attached hydrogens (tertiary/aromatic N) is 1. The number of carbonyl (C=O) groups excluding carboxylic acids is 1. The Balaban J connectivity index is 2.31. The number of rotatable bonds is 2. The highest BCUT2D eigenvalue weighted by Gasteiger charge is 2.20. The molecule has 1 fully saturated rings. The number of pyridine rings is 1. The average molecular weight is 236 g/mol. The summed E-state index contributed by atoms with van der Waals surface area (Å²) in [5.74, 6) is -1.11. The van der Waals surface area contributed by atoms with Gasteiger partial charge in [-0.05, 0) is 12.5 Å². The Morgan fingerprint density at radius 3 is 2.76 bits per heavy atom. The molecule has 2 rings (SSSR count). The third-order valence-corrected chi connectivity index (χ3v) is 2.82. The molecule has 0 saturated carbocycles. The maximum atomic E-state index is 11.6. The largest absolute Gasteiger partial charge is 0.478 e. The van der Waals surface area contributed by atoms with Crippen LogP contribution in [0.25, 0.3) is 0 Å². The summed E-state index contributed by atoms with van der Waals surface area (Å²) in [6.07, 6.45) is 2.23. The van der Waals surface area contributed by atoms with Gasteiger partial charge in [-0.25, -0.2) is 4.79 Å². The van der Waals surface area contributed by atoms with Gasteiger partial charge in [-0.15, -0.1) is 0 Å². The lowest BCUT2D eigenvalue weighted by Gasteiger charge is -2.24. The Morgan fingerprint density at radius 2 is 2.18 bits per heavy atom. The molecule has 1 atom stereocenters. The van der Waals surface area contributed by atoms with Crippen LogP contribution in [-0.4, -0.2) is 28.1 Å². The van der Waals surface area contributed by atoms with Gasteiger partial charge in [-0.3, -0.25) is 9.59 Å². The molecule has 1 aromatic rings. The van der Waals surface area contributed by atoms with Crippen LogP contribution in [0.1, 0.15) is 29.2 Å². The molecule has 2 N–H and O–H groups in total. The highest BCUT2D eigenvalue weighted by molar-refractivity contribution is 5.87. The molecular weight excluding hydrogens is 224 g/mol. The Hall–Kier alpha value is -2.11. The summed E-state index contributed by atoms with van der Waals surface area (Å²) in [6, 6.07) is 2.35. The number of aromatic nitrogens is 1. The van der Waals surface area contributed by atoms with Gasteiger partial charge in [0.1, 0.15) is 0 Å². The van der Waals surface area contributed by atoms with Crippen LogP contribution in [0.3, 0.4) is 0 Å². The molecule has 2 heterocycles. The lowest BCUT2D eigenvalue weighted by Crippen LogP contribution is -2.39. The molecule has 0 aromatic carbocycles. The molecule has 6 heteroatoms. The van der Waals surface area contributed by atoms with Crippen molar-refractivity contribution in [3.05, 3.63) is 34.2 Å². The molecule has 1 aliphatic rings. The number of carboxylic acid groups (broad SMARTS) is 1. The van der Waals surface area contributed by atoms with Gasteiger partial charge in [-0.1, -0.05) is 0 Å². The highest BCUT2D eigenvalue weighted by atomic mass is 16.4. The number of hydrogen-bond acceptors (Lipinski definition) is 3. The number of aromatic carboxylic acids is 1. The number of hydrogen-bond donors (Lipinski definition) is 2. The summed E-state index contributed by atoms with van der Waals surface area (Å²) in [6.45, 7) is 0.363. The van der Waals surface area contributed by atoms with E-state index in [-0.39, 0.29) is 23.1 Å².